The quantitative estimate of drug-likeness (QED) is 0.694. The van der Waals surface area contributed by atoms with Crippen LogP contribution in [0.4, 0.5) is 8.78 Å². The zero-order valence-corrected chi connectivity index (χ0v) is 7.41. The van der Waals surface area contributed by atoms with Crippen molar-refractivity contribution in [1.29, 1.82) is 0 Å². The Bertz CT molecular complexity index is 465. The van der Waals surface area contributed by atoms with Crippen LogP contribution in [0.2, 0.25) is 0 Å². The number of benzene rings is 1. The lowest BCUT2D eigenvalue weighted by Crippen LogP contribution is -1.92. The standard InChI is InChI=1S/C9H7F2N3/c1-14-12-5-9(13-14)7-3-2-6(10)4-8(7)11/h2-5H,1H3. The third kappa shape index (κ3) is 1.48. The van der Waals surface area contributed by atoms with E-state index in [4.69, 9.17) is 0 Å². The molecule has 0 bridgehead atoms. The predicted octanol–water partition coefficient (Wildman–Crippen LogP) is 1.76. The molecule has 72 valence electrons. The van der Waals surface area contributed by atoms with Crippen LogP contribution < -0.4 is 0 Å². The van der Waals surface area contributed by atoms with Crippen molar-refractivity contribution in [2.24, 2.45) is 7.05 Å². The second-order valence-corrected chi connectivity index (χ2v) is 2.84. The highest BCUT2D eigenvalue weighted by Crippen LogP contribution is 2.20. The Morgan fingerprint density at radius 3 is 2.64 bits per heavy atom. The van der Waals surface area contributed by atoms with Gasteiger partial charge in [0.25, 0.3) is 0 Å². The minimum Gasteiger partial charge on any atom is -0.207 e. The van der Waals surface area contributed by atoms with Crippen LogP contribution in [0.5, 0.6) is 0 Å². The van der Waals surface area contributed by atoms with E-state index < -0.39 is 11.6 Å². The summed E-state index contributed by atoms with van der Waals surface area (Å²) in [6.45, 7) is 0. The topological polar surface area (TPSA) is 30.7 Å². The maximum atomic E-state index is 13.2. The SMILES string of the molecule is Cn1ncc(-c2ccc(F)cc2F)n1. The molecule has 0 atom stereocenters. The van der Waals surface area contributed by atoms with Crippen molar-refractivity contribution >= 4 is 0 Å². The molecule has 1 aromatic carbocycles. The van der Waals surface area contributed by atoms with Gasteiger partial charge in [-0.05, 0) is 12.1 Å². The molecule has 2 aromatic rings. The minimum atomic E-state index is -0.634. The molecule has 1 aromatic heterocycles. The van der Waals surface area contributed by atoms with Crippen molar-refractivity contribution in [3.05, 3.63) is 36.0 Å². The lowest BCUT2D eigenvalue weighted by molar-refractivity contribution is 0.584. The lowest BCUT2D eigenvalue weighted by atomic mass is 10.1. The first kappa shape index (κ1) is 8.80. The smallest absolute Gasteiger partial charge is 0.135 e. The van der Waals surface area contributed by atoms with E-state index in [0.29, 0.717) is 5.69 Å². The molecule has 0 spiro atoms. The second kappa shape index (κ2) is 3.17. The molecule has 1 heterocycles. The molecule has 0 N–H and O–H groups in total. The third-order valence-corrected chi connectivity index (χ3v) is 1.81. The van der Waals surface area contributed by atoms with Crippen molar-refractivity contribution in [2.45, 2.75) is 0 Å². The number of aromatic nitrogens is 3. The molecule has 0 saturated carbocycles. The molecule has 0 aliphatic rings. The summed E-state index contributed by atoms with van der Waals surface area (Å²) in [6, 6.07) is 3.35. The molecular formula is C9H7F2N3. The molecular weight excluding hydrogens is 188 g/mol. The van der Waals surface area contributed by atoms with Crippen LogP contribution in [-0.2, 0) is 7.05 Å². The molecule has 14 heavy (non-hydrogen) atoms. The van der Waals surface area contributed by atoms with Gasteiger partial charge in [0.1, 0.15) is 17.3 Å². The fourth-order valence-corrected chi connectivity index (χ4v) is 1.17. The fourth-order valence-electron chi connectivity index (χ4n) is 1.17. The van der Waals surface area contributed by atoms with E-state index in [1.54, 1.807) is 7.05 Å². The zero-order chi connectivity index (χ0) is 10.1. The van der Waals surface area contributed by atoms with Crippen LogP contribution >= 0.6 is 0 Å². The monoisotopic (exact) mass is 195 g/mol. The Hall–Kier alpha value is -1.78. The maximum Gasteiger partial charge on any atom is 0.135 e. The first-order valence-electron chi connectivity index (χ1n) is 3.98. The minimum absolute atomic E-state index is 0.250. The Morgan fingerprint density at radius 1 is 1.29 bits per heavy atom. The molecule has 2 rings (SSSR count). The molecule has 0 radical (unpaired) electrons. The Kier molecular flexibility index (Phi) is 1.99. The van der Waals surface area contributed by atoms with Gasteiger partial charge in [0.2, 0.25) is 0 Å². The predicted molar refractivity (Wildman–Crippen MR) is 46.4 cm³/mol. The molecule has 5 heteroatoms. The van der Waals surface area contributed by atoms with E-state index in [1.165, 1.54) is 23.1 Å². The molecule has 0 saturated heterocycles. The average Bonchev–Trinajstić information content (AvgIpc) is 2.51. The average molecular weight is 195 g/mol. The third-order valence-electron chi connectivity index (χ3n) is 1.81. The number of halogens is 2. The van der Waals surface area contributed by atoms with Crippen molar-refractivity contribution < 1.29 is 8.78 Å². The molecule has 0 fully saturated rings. The second-order valence-electron chi connectivity index (χ2n) is 2.84. The zero-order valence-electron chi connectivity index (χ0n) is 7.41. The molecule has 0 aliphatic carbocycles. The van der Waals surface area contributed by atoms with Crippen molar-refractivity contribution in [3.63, 3.8) is 0 Å². The van der Waals surface area contributed by atoms with Gasteiger partial charge < -0.3 is 0 Å². The van der Waals surface area contributed by atoms with Crippen molar-refractivity contribution in [3.8, 4) is 11.3 Å². The summed E-state index contributed by atoms with van der Waals surface area (Å²) >= 11 is 0. The summed E-state index contributed by atoms with van der Waals surface area (Å²) in [7, 11) is 1.63. The van der Waals surface area contributed by atoms with Crippen LogP contribution in [0.15, 0.2) is 24.4 Å². The summed E-state index contributed by atoms with van der Waals surface area (Å²) in [5.41, 5.74) is 0.643. The summed E-state index contributed by atoms with van der Waals surface area (Å²) in [5, 5.41) is 7.72. The van der Waals surface area contributed by atoms with Gasteiger partial charge >= 0.3 is 0 Å². The van der Waals surface area contributed by atoms with Gasteiger partial charge in [0.15, 0.2) is 0 Å². The Balaban J connectivity index is 2.52. The summed E-state index contributed by atoms with van der Waals surface area (Å²) in [6.07, 6.45) is 1.43. The number of aryl methyl sites for hydroxylation is 1. The molecule has 0 aliphatic heterocycles. The van der Waals surface area contributed by atoms with E-state index in [-0.39, 0.29) is 5.56 Å². The highest BCUT2D eigenvalue weighted by atomic mass is 19.1. The summed E-state index contributed by atoms with van der Waals surface area (Å²) in [4.78, 5) is 1.32. The van der Waals surface area contributed by atoms with Crippen molar-refractivity contribution in [2.75, 3.05) is 0 Å². The number of rotatable bonds is 1. The largest absolute Gasteiger partial charge is 0.207 e. The highest BCUT2D eigenvalue weighted by Gasteiger charge is 2.08. The molecule has 0 unspecified atom stereocenters. The van der Waals surface area contributed by atoms with Gasteiger partial charge in [-0.15, -0.1) is 0 Å². The van der Waals surface area contributed by atoms with Gasteiger partial charge in [0.05, 0.1) is 6.20 Å². The Labute approximate surface area is 79.0 Å². The highest BCUT2D eigenvalue weighted by molar-refractivity contribution is 5.58. The number of hydrogen-bond acceptors (Lipinski definition) is 2. The normalized spacial score (nSPS) is 10.5. The van der Waals surface area contributed by atoms with Gasteiger partial charge in [-0.3, -0.25) is 0 Å². The Morgan fingerprint density at radius 2 is 2.07 bits per heavy atom. The summed E-state index contributed by atoms with van der Waals surface area (Å²) < 4.78 is 25.8. The lowest BCUT2D eigenvalue weighted by Gasteiger charge is -1.97. The van der Waals surface area contributed by atoms with E-state index in [2.05, 4.69) is 10.2 Å². The van der Waals surface area contributed by atoms with E-state index in [9.17, 15) is 8.78 Å². The van der Waals surface area contributed by atoms with E-state index in [1.807, 2.05) is 0 Å². The first-order valence-corrected chi connectivity index (χ1v) is 3.98. The van der Waals surface area contributed by atoms with Crippen LogP contribution in [-0.4, -0.2) is 15.0 Å². The van der Waals surface area contributed by atoms with Gasteiger partial charge in [-0.1, -0.05) is 0 Å². The van der Waals surface area contributed by atoms with Gasteiger partial charge in [0, 0.05) is 18.7 Å². The van der Waals surface area contributed by atoms with E-state index >= 15 is 0 Å². The van der Waals surface area contributed by atoms with Crippen LogP contribution in [0, 0.1) is 11.6 Å². The van der Waals surface area contributed by atoms with E-state index in [0.717, 1.165) is 6.07 Å². The first-order chi connectivity index (χ1) is 6.66. The molecule has 0 amide bonds. The van der Waals surface area contributed by atoms with Gasteiger partial charge in [-0.2, -0.15) is 15.0 Å². The van der Waals surface area contributed by atoms with Gasteiger partial charge in [-0.25, -0.2) is 8.78 Å². The maximum absolute atomic E-state index is 13.2. The number of nitrogens with zero attached hydrogens (tertiary/aromatic N) is 3. The fraction of sp³-hybridized carbons (Fsp3) is 0.111. The van der Waals surface area contributed by atoms with Crippen molar-refractivity contribution in [1.82, 2.24) is 15.0 Å². The van der Waals surface area contributed by atoms with Crippen LogP contribution in [0.3, 0.4) is 0 Å². The summed E-state index contributed by atoms with van der Waals surface area (Å²) in [5.74, 6) is -1.24. The van der Waals surface area contributed by atoms with Crippen LogP contribution in [0.1, 0.15) is 0 Å². The molecule has 3 nitrogen and oxygen atoms in total. The van der Waals surface area contributed by atoms with Crippen LogP contribution in [0.25, 0.3) is 11.3 Å². The number of hydrogen-bond donors (Lipinski definition) is 0.